The SMILES string of the molecule is Cc1ccc(Cl)c2c1NC(=O)[C@]2(O)CC(=O)c1ccc(N2CCCC2)c(F)c1. The van der Waals surface area contributed by atoms with E-state index in [9.17, 15) is 19.1 Å². The van der Waals surface area contributed by atoms with Gasteiger partial charge in [-0.2, -0.15) is 0 Å². The third-order valence-corrected chi connectivity index (χ3v) is 5.84. The van der Waals surface area contributed by atoms with Crippen LogP contribution < -0.4 is 10.2 Å². The van der Waals surface area contributed by atoms with Crippen molar-refractivity contribution in [2.24, 2.45) is 0 Å². The van der Waals surface area contributed by atoms with Gasteiger partial charge in [0.15, 0.2) is 11.4 Å². The number of benzene rings is 2. The first kappa shape index (κ1) is 18.9. The van der Waals surface area contributed by atoms with Gasteiger partial charge in [0.2, 0.25) is 0 Å². The van der Waals surface area contributed by atoms with E-state index in [1.165, 1.54) is 12.1 Å². The normalized spacial score (nSPS) is 21.0. The summed E-state index contributed by atoms with van der Waals surface area (Å²) in [6.07, 6.45) is 1.52. The van der Waals surface area contributed by atoms with Crippen LogP contribution in [0.15, 0.2) is 30.3 Å². The molecule has 2 aromatic carbocycles. The van der Waals surface area contributed by atoms with E-state index in [0.29, 0.717) is 11.4 Å². The number of halogens is 2. The fourth-order valence-electron chi connectivity index (χ4n) is 3.98. The average Bonchev–Trinajstić information content (AvgIpc) is 3.26. The molecule has 0 unspecified atom stereocenters. The van der Waals surface area contributed by atoms with Crippen molar-refractivity contribution in [3.8, 4) is 0 Å². The minimum absolute atomic E-state index is 0.110. The number of anilines is 2. The van der Waals surface area contributed by atoms with Crippen molar-refractivity contribution in [3.63, 3.8) is 0 Å². The Morgan fingerprint density at radius 1 is 1.29 bits per heavy atom. The quantitative estimate of drug-likeness (QED) is 0.763. The molecule has 7 heteroatoms. The number of hydrogen-bond acceptors (Lipinski definition) is 4. The van der Waals surface area contributed by atoms with Crippen LogP contribution in [0.25, 0.3) is 0 Å². The molecule has 4 rings (SSSR count). The summed E-state index contributed by atoms with van der Waals surface area (Å²) in [5, 5.41) is 13.8. The fraction of sp³-hybridized carbons (Fsp3) is 0.333. The zero-order valence-electron chi connectivity index (χ0n) is 15.4. The number of rotatable bonds is 4. The first-order valence-electron chi connectivity index (χ1n) is 9.22. The number of aryl methyl sites for hydroxylation is 1. The Morgan fingerprint density at radius 3 is 2.68 bits per heavy atom. The van der Waals surface area contributed by atoms with Crippen LogP contribution in [0, 0.1) is 12.7 Å². The summed E-state index contributed by atoms with van der Waals surface area (Å²) >= 11 is 6.21. The number of hydrogen-bond donors (Lipinski definition) is 2. The van der Waals surface area contributed by atoms with Crippen molar-refractivity contribution < 1.29 is 19.1 Å². The highest BCUT2D eigenvalue weighted by atomic mass is 35.5. The Morgan fingerprint density at radius 2 is 2.00 bits per heavy atom. The van der Waals surface area contributed by atoms with Crippen LogP contribution in [-0.4, -0.2) is 29.9 Å². The number of carbonyl (C=O) groups excluding carboxylic acids is 2. The zero-order valence-corrected chi connectivity index (χ0v) is 16.1. The molecule has 0 aromatic heterocycles. The van der Waals surface area contributed by atoms with Crippen molar-refractivity contribution in [1.82, 2.24) is 0 Å². The maximum atomic E-state index is 14.5. The predicted octanol–water partition coefficient (Wildman–Crippen LogP) is 3.80. The van der Waals surface area contributed by atoms with E-state index in [1.807, 2.05) is 4.90 Å². The molecule has 2 aliphatic heterocycles. The van der Waals surface area contributed by atoms with E-state index in [4.69, 9.17) is 11.6 Å². The number of aliphatic hydroxyl groups is 1. The molecule has 2 aliphatic rings. The Hall–Kier alpha value is -2.44. The Kier molecular flexibility index (Phi) is 4.63. The number of amides is 1. The van der Waals surface area contributed by atoms with Crippen LogP contribution in [0.1, 0.15) is 40.7 Å². The monoisotopic (exact) mass is 402 g/mol. The zero-order chi connectivity index (χ0) is 20.1. The van der Waals surface area contributed by atoms with Crippen molar-refractivity contribution in [3.05, 3.63) is 57.9 Å². The van der Waals surface area contributed by atoms with Gasteiger partial charge in [-0.1, -0.05) is 17.7 Å². The second-order valence-corrected chi connectivity index (χ2v) is 7.80. The van der Waals surface area contributed by atoms with Crippen LogP contribution in [-0.2, 0) is 10.4 Å². The van der Waals surface area contributed by atoms with Crippen LogP contribution in [0.5, 0.6) is 0 Å². The number of carbonyl (C=O) groups is 2. The largest absolute Gasteiger partial charge is 0.375 e. The molecule has 2 heterocycles. The minimum atomic E-state index is -2.08. The van der Waals surface area contributed by atoms with Gasteiger partial charge in [0.05, 0.1) is 17.8 Å². The molecule has 0 aliphatic carbocycles. The summed E-state index contributed by atoms with van der Waals surface area (Å²) in [7, 11) is 0. The number of fused-ring (bicyclic) bond motifs is 1. The Bertz CT molecular complexity index is 988. The summed E-state index contributed by atoms with van der Waals surface area (Å²) in [6.45, 7) is 3.35. The predicted molar refractivity (Wildman–Crippen MR) is 106 cm³/mol. The van der Waals surface area contributed by atoms with Gasteiger partial charge >= 0.3 is 0 Å². The number of ketones is 1. The molecule has 1 amide bonds. The highest BCUT2D eigenvalue weighted by molar-refractivity contribution is 6.33. The van der Waals surface area contributed by atoms with Crippen LogP contribution in [0.4, 0.5) is 15.8 Å². The summed E-state index contributed by atoms with van der Waals surface area (Å²) in [4.78, 5) is 27.2. The summed E-state index contributed by atoms with van der Waals surface area (Å²) in [5.41, 5.74) is -0.156. The highest BCUT2D eigenvalue weighted by Gasteiger charge is 2.48. The molecule has 5 nitrogen and oxygen atoms in total. The van der Waals surface area contributed by atoms with E-state index in [0.717, 1.165) is 31.5 Å². The smallest absolute Gasteiger partial charge is 0.261 e. The molecular formula is C21H20ClFN2O3. The lowest BCUT2D eigenvalue weighted by molar-refractivity contribution is -0.133. The van der Waals surface area contributed by atoms with Crippen molar-refractivity contribution >= 4 is 34.7 Å². The molecule has 1 saturated heterocycles. The Labute approximate surface area is 167 Å². The van der Waals surface area contributed by atoms with Gasteiger partial charge in [0.25, 0.3) is 5.91 Å². The molecule has 2 aromatic rings. The van der Waals surface area contributed by atoms with Crippen molar-refractivity contribution in [2.75, 3.05) is 23.3 Å². The van der Waals surface area contributed by atoms with Gasteiger partial charge in [-0.05, 0) is 49.6 Å². The topological polar surface area (TPSA) is 69.6 Å². The average molecular weight is 403 g/mol. The number of Topliss-reactive ketones (excluding diaryl/α,β-unsaturated/α-hetero) is 1. The van der Waals surface area contributed by atoms with Gasteiger partial charge in [-0.3, -0.25) is 9.59 Å². The molecule has 1 atom stereocenters. The first-order valence-corrected chi connectivity index (χ1v) is 9.60. The van der Waals surface area contributed by atoms with E-state index in [-0.39, 0.29) is 16.1 Å². The van der Waals surface area contributed by atoms with E-state index < -0.39 is 29.5 Å². The molecule has 2 N–H and O–H groups in total. The maximum Gasteiger partial charge on any atom is 0.261 e. The maximum absolute atomic E-state index is 14.5. The second-order valence-electron chi connectivity index (χ2n) is 7.39. The minimum Gasteiger partial charge on any atom is -0.375 e. The van der Waals surface area contributed by atoms with Crippen LogP contribution in [0.3, 0.4) is 0 Å². The Balaban J connectivity index is 1.63. The third kappa shape index (κ3) is 2.97. The lowest BCUT2D eigenvalue weighted by Gasteiger charge is -2.22. The summed E-state index contributed by atoms with van der Waals surface area (Å²) < 4.78 is 14.5. The molecule has 1 fully saturated rings. The molecular weight excluding hydrogens is 383 g/mol. The highest BCUT2D eigenvalue weighted by Crippen LogP contribution is 2.44. The molecule has 0 radical (unpaired) electrons. The van der Waals surface area contributed by atoms with Gasteiger partial charge < -0.3 is 15.3 Å². The molecule has 0 spiro atoms. The lowest BCUT2D eigenvalue weighted by Crippen LogP contribution is -2.36. The standard InChI is InChI=1S/C21H20ClFN2O3/c1-12-4-6-14(22)18-19(12)24-20(27)21(18,28)11-17(26)13-5-7-16(15(23)10-13)25-8-2-3-9-25/h4-7,10,28H,2-3,8-9,11H2,1H3,(H,24,27)/t21-/m0/s1. The van der Waals surface area contributed by atoms with Crippen LogP contribution >= 0.6 is 11.6 Å². The second kappa shape index (κ2) is 6.87. The van der Waals surface area contributed by atoms with Crippen molar-refractivity contribution in [2.45, 2.75) is 31.8 Å². The third-order valence-electron chi connectivity index (χ3n) is 5.52. The fourth-order valence-corrected chi connectivity index (χ4v) is 4.29. The van der Waals surface area contributed by atoms with Gasteiger partial charge in [-0.15, -0.1) is 0 Å². The van der Waals surface area contributed by atoms with E-state index in [2.05, 4.69) is 5.32 Å². The van der Waals surface area contributed by atoms with Crippen molar-refractivity contribution in [1.29, 1.82) is 0 Å². The molecule has 146 valence electrons. The molecule has 28 heavy (non-hydrogen) atoms. The summed E-state index contributed by atoms with van der Waals surface area (Å²) in [6, 6.07) is 7.59. The molecule has 0 bridgehead atoms. The van der Waals surface area contributed by atoms with Gasteiger partial charge in [0.1, 0.15) is 5.82 Å². The van der Waals surface area contributed by atoms with E-state index in [1.54, 1.807) is 25.1 Å². The van der Waals surface area contributed by atoms with Crippen LogP contribution in [0.2, 0.25) is 5.02 Å². The molecule has 0 saturated carbocycles. The van der Waals surface area contributed by atoms with E-state index >= 15 is 0 Å². The summed E-state index contributed by atoms with van der Waals surface area (Å²) in [5.74, 6) is -1.72. The van der Waals surface area contributed by atoms with Gasteiger partial charge in [0, 0.05) is 29.2 Å². The number of nitrogens with one attached hydrogen (secondary N) is 1. The first-order chi connectivity index (χ1) is 13.3. The van der Waals surface area contributed by atoms with Gasteiger partial charge in [-0.25, -0.2) is 4.39 Å². The number of nitrogens with zero attached hydrogens (tertiary/aromatic N) is 1. The lowest BCUT2D eigenvalue weighted by atomic mass is 9.87.